The van der Waals surface area contributed by atoms with Crippen LogP contribution in [0, 0.1) is 6.92 Å². The lowest BCUT2D eigenvalue weighted by Gasteiger charge is -2.04. The summed E-state index contributed by atoms with van der Waals surface area (Å²) in [4.78, 5) is 4.23. The Hall–Kier alpha value is -1.62. The van der Waals surface area contributed by atoms with Crippen LogP contribution in [0.2, 0.25) is 0 Å². The van der Waals surface area contributed by atoms with Gasteiger partial charge in [-0.1, -0.05) is 12.1 Å². The third-order valence-corrected chi connectivity index (χ3v) is 2.87. The Balaban J connectivity index is 1.99. The number of nitrogens with zero attached hydrogens (tertiary/aromatic N) is 2. The second-order valence-corrected chi connectivity index (χ2v) is 4.10. The van der Waals surface area contributed by atoms with Crippen molar-refractivity contribution in [3.63, 3.8) is 0 Å². The van der Waals surface area contributed by atoms with Crippen LogP contribution in [0.5, 0.6) is 5.75 Å². The van der Waals surface area contributed by atoms with Crippen LogP contribution in [-0.2, 0) is 6.54 Å². The Morgan fingerprint density at radius 1 is 1.44 bits per heavy atom. The number of ether oxygens (including phenoxy) is 1. The maximum atomic E-state index is 5.16. The average molecular weight is 235 g/mol. The highest BCUT2D eigenvalue weighted by Gasteiger charge is 2.00. The maximum Gasteiger partial charge on any atom is 0.202 e. The SMILES string of the molecule is COc1cccc(CNc2nc(C)ns2)c1. The normalized spacial score (nSPS) is 10.1. The van der Waals surface area contributed by atoms with Crippen molar-refractivity contribution >= 4 is 16.7 Å². The molecule has 0 aliphatic carbocycles. The van der Waals surface area contributed by atoms with E-state index in [4.69, 9.17) is 4.74 Å². The van der Waals surface area contributed by atoms with Crippen molar-refractivity contribution in [2.24, 2.45) is 0 Å². The van der Waals surface area contributed by atoms with Gasteiger partial charge in [0.05, 0.1) is 7.11 Å². The molecule has 16 heavy (non-hydrogen) atoms. The summed E-state index contributed by atoms with van der Waals surface area (Å²) in [5, 5.41) is 4.07. The summed E-state index contributed by atoms with van der Waals surface area (Å²) in [5.41, 5.74) is 1.16. The molecule has 0 atom stereocenters. The summed E-state index contributed by atoms with van der Waals surface area (Å²) >= 11 is 1.38. The number of rotatable bonds is 4. The largest absolute Gasteiger partial charge is 0.497 e. The number of benzene rings is 1. The topological polar surface area (TPSA) is 47.0 Å². The molecule has 5 heteroatoms. The van der Waals surface area contributed by atoms with Crippen molar-refractivity contribution in [3.8, 4) is 5.75 Å². The van der Waals surface area contributed by atoms with Crippen molar-refractivity contribution in [2.75, 3.05) is 12.4 Å². The lowest BCUT2D eigenvalue weighted by Crippen LogP contribution is -1.99. The average Bonchev–Trinajstić information content (AvgIpc) is 2.73. The number of nitrogens with one attached hydrogen (secondary N) is 1. The number of aryl methyl sites for hydroxylation is 1. The van der Waals surface area contributed by atoms with E-state index in [1.54, 1.807) is 7.11 Å². The Morgan fingerprint density at radius 2 is 2.31 bits per heavy atom. The van der Waals surface area contributed by atoms with Gasteiger partial charge in [0.15, 0.2) is 0 Å². The van der Waals surface area contributed by atoms with E-state index >= 15 is 0 Å². The van der Waals surface area contributed by atoms with Gasteiger partial charge in [0, 0.05) is 18.1 Å². The highest BCUT2D eigenvalue weighted by Crippen LogP contribution is 2.15. The third kappa shape index (κ3) is 2.70. The standard InChI is InChI=1S/C11H13N3OS/c1-8-13-11(16-14-8)12-7-9-4-3-5-10(6-9)15-2/h3-6H,7H2,1-2H3,(H,12,13,14). The first-order valence-corrected chi connectivity index (χ1v) is 5.72. The monoisotopic (exact) mass is 235 g/mol. The molecule has 0 saturated heterocycles. The Labute approximate surface area is 98.5 Å². The molecule has 2 aromatic rings. The highest BCUT2D eigenvalue weighted by molar-refractivity contribution is 7.09. The number of aromatic nitrogens is 2. The second-order valence-electron chi connectivity index (χ2n) is 3.35. The molecule has 0 amide bonds. The number of anilines is 1. The van der Waals surface area contributed by atoms with Gasteiger partial charge in [0.1, 0.15) is 11.6 Å². The Kier molecular flexibility index (Phi) is 3.36. The van der Waals surface area contributed by atoms with E-state index in [1.165, 1.54) is 11.5 Å². The van der Waals surface area contributed by atoms with Crippen LogP contribution in [0.25, 0.3) is 0 Å². The molecule has 0 radical (unpaired) electrons. The van der Waals surface area contributed by atoms with Gasteiger partial charge < -0.3 is 10.1 Å². The van der Waals surface area contributed by atoms with Crippen molar-refractivity contribution in [1.82, 2.24) is 9.36 Å². The van der Waals surface area contributed by atoms with Crippen molar-refractivity contribution in [1.29, 1.82) is 0 Å². The van der Waals surface area contributed by atoms with E-state index < -0.39 is 0 Å². The minimum absolute atomic E-state index is 0.728. The van der Waals surface area contributed by atoms with E-state index in [0.717, 1.165) is 28.8 Å². The van der Waals surface area contributed by atoms with Crippen LogP contribution in [-0.4, -0.2) is 16.5 Å². The minimum atomic E-state index is 0.728. The molecule has 1 heterocycles. The van der Waals surface area contributed by atoms with Crippen LogP contribution < -0.4 is 10.1 Å². The van der Waals surface area contributed by atoms with E-state index in [-0.39, 0.29) is 0 Å². The fraction of sp³-hybridized carbons (Fsp3) is 0.273. The van der Waals surface area contributed by atoms with Gasteiger partial charge >= 0.3 is 0 Å². The Bertz CT molecular complexity index is 470. The number of hydrogen-bond donors (Lipinski definition) is 1. The molecule has 0 aliphatic rings. The second kappa shape index (κ2) is 4.94. The number of methoxy groups -OCH3 is 1. The van der Waals surface area contributed by atoms with Crippen LogP contribution >= 0.6 is 11.5 Å². The molecular formula is C11H13N3OS. The van der Waals surface area contributed by atoms with Crippen LogP contribution in [0.15, 0.2) is 24.3 Å². The van der Waals surface area contributed by atoms with Crippen LogP contribution in [0.4, 0.5) is 5.13 Å². The molecule has 2 rings (SSSR count). The fourth-order valence-corrected chi connectivity index (χ4v) is 1.90. The molecule has 0 unspecified atom stereocenters. The molecular weight excluding hydrogens is 222 g/mol. The van der Waals surface area contributed by atoms with E-state index in [1.807, 2.05) is 31.2 Å². The summed E-state index contributed by atoms with van der Waals surface area (Å²) in [6, 6.07) is 7.95. The van der Waals surface area contributed by atoms with Crippen molar-refractivity contribution in [2.45, 2.75) is 13.5 Å². The van der Waals surface area contributed by atoms with E-state index in [0.29, 0.717) is 0 Å². The Morgan fingerprint density at radius 3 is 3.00 bits per heavy atom. The first kappa shape index (κ1) is 10.9. The molecule has 0 fully saturated rings. The fourth-order valence-electron chi connectivity index (χ4n) is 1.33. The van der Waals surface area contributed by atoms with Crippen molar-refractivity contribution < 1.29 is 4.74 Å². The summed E-state index contributed by atoms with van der Waals surface area (Å²) in [6.07, 6.45) is 0. The van der Waals surface area contributed by atoms with Gasteiger partial charge in [0.2, 0.25) is 5.13 Å². The lowest BCUT2D eigenvalue weighted by molar-refractivity contribution is 0.414. The molecule has 0 saturated carbocycles. The van der Waals surface area contributed by atoms with E-state index in [9.17, 15) is 0 Å². The van der Waals surface area contributed by atoms with Gasteiger partial charge in [-0.15, -0.1) is 0 Å². The summed E-state index contributed by atoms with van der Waals surface area (Å²) in [5.74, 6) is 1.67. The minimum Gasteiger partial charge on any atom is -0.497 e. The van der Waals surface area contributed by atoms with Gasteiger partial charge in [-0.2, -0.15) is 4.37 Å². The molecule has 1 N–H and O–H groups in total. The molecule has 0 bridgehead atoms. The highest BCUT2D eigenvalue weighted by atomic mass is 32.1. The molecule has 4 nitrogen and oxygen atoms in total. The molecule has 84 valence electrons. The van der Waals surface area contributed by atoms with Crippen LogP contribution in [0.1, 0.15) is 11.4 Å². The van der Waals surface area contributed by atoms with Crippen LogP contribution in [0.3, 0.4) is 0 Å². The zero-order valence-electron chi connectivity index (χ0n) is 9.23. The third-order valence-electron chi connectivity index (χ3n) is 2.11. The first-order chi connectivity index (χ1) is 7.78. The van der Waals surface area contributed by atoms with Crippen molar-refractivity contribution in [3.05, 3.63) is 35.7 Å². The zero-order chi connectivity index (χ0) is 11.4. The van der Waals surface area contributed by atoms with Gasteiger partial charge in [-0.25, -0.2) is 4.98 Å². The van der Waals surface area contributed by atoms with Gasteiger partial charge in [0.25, 0.3) is 0 Å². The van der Waals surface area contributed by atoms with Gasteiger partial charge in [-0.3, -0.25) is 0 Å². The first-order valence-electron chi connectivity index (χ1n) is 4.95. The molecule has 0 aliphatic heterocycles. The number of hydrogen-bond acceptors (Lipinski definition) is 5. The van der Waals surface area contributed by atoms with E-state index in [2.05, 4.69) is 14.7 Å². The summed E-state index contributed by atoms with van der Waals surface area (Å²) in [6.45, 7) is 2.61. The smallest absolute Gasteiger partial charge is 0.202 e. The zero-order valence-corrected chi connectivity index (χ0v) is 10.0. The lowest BCUT2D eigenvalue weighted by atomic mass is 10.2. The van der Waals surface area contributed by atoms with Gasteiger partial charge in [-0.05, 0) is 24.6 Å². The maximum absolute atomic E-state index is 5.16. The molecule has 0 spiro atoms. The summed E-state index contributed by atoms with van der Waals surface area (Å²) in [7, 11) is 1.67. The quantitative estimate of drug-likeness (QED) is 0.884. The molecule has 1 aromatic heterocycles. The summed E-state index contributed by atoms with van der Waals surface area (Å²) < 4.78 is 9.26. The molecule has 1 aromatic carbocycles. The predicted octanol–water partition coefficient (Wildman–Crippen LogP) is 2.47. The predicted molar refractivity (Wildman–Crippen MR) is 65.0 cm³/mol.